The second-order valence-electron chi connectivity index (χ2n) is 6.22. The quantitative estimate of drug-likeness (QED) is 0.658. The minimum atomic E-state index is -0.528. The SMILES string of the molecule is Cc1ccc(C(=O)N(C)CC(=O)Nc2cccc(C)c2C)cc1[N+](=O)[O-]. The van der Waals surface area contributed by atoms with Crippen LogP contribution in [0.15, 0.2) is 36.4 Å². The Morgan fingerprint density at radius 3 is 2.46 bits per heavy atom. The Labute approximate surface area is 151 Å². The van der Waals surface area contributed by atoms with Gasteiger partial charge in [0.2, 0.25) is 5.91 Å². The van der Waals surface area contributed by atoms with E-state index in [1.165, 1.54) is 30.1 Å². The average Bonchev–Trinajstić information content (AvgIpc) is 2.58. The van der Waals surface area contributed by atoms with Gasteiger partial charge < -0.3 is 10.2 Å². The number of likely N-dealkylation sites (N-methyl/N-ethyl adjacent to an activating group) is 1. The number of hydrogen-bond acceptors (Lipinski definition) is 4. The van der Waals surface area contributed by atoms with Crippen molar-refractivity contribution in [2.75, 3.05) is 18.9 Å². The molecule has 0 atom stereocenters. The van der Waals surface area contributed by atoms with Crippen molar-refractivity contribution in [1.82, 2.24) is 4.90 Å². The molecule has 0 aliphatic carbocycles. The highest BCUT2D eigenvalue weighted by molar-refractivity contribution is 5.99. The molecule has 7 heteroatoms. The van der Waals surface area contributed by atoms with E-state index >= 15 is 0 Å². The van der Waals surface area contributed by atoms with Crippen LogP contribution in [-0.4, -0.2) is 35.2 Å². The van der Waals surface area contributed by atoms with Crippen LogP contribution in [-0.2, 0) is 4.79 Å². The number of carbonyl (C=O) groups excluding carboxylic acids is 2. The van der Waals surface area contributed by atoms with E-state index in [2.05, 4.69) is 5.32 Å². The molecule has 0 unspecified atom stereocenters. The number of carbonyl (C=O) groups is 2. The predicted molar refractivity (Wildman–Crippen MR) is 99.3 cm³/mol. The molecule has 2 rings (SSSR count). The van der Waals surface area contributed by atoms with Crippen molar-refractivity contribution >= 4 is 23.2 Å². The zero-order valence-electron chi connectivity index (χ0n) is 15.2. The normalized spacial score (nSPS) is 10.3. The van der Waals surface area contributed by atoms with Crippen LogP contribution >= 0.6 is 0 Å². The third kappa shape index (κ3) is 4.24. The van der Waals surface area contributed by atoms with Gasteiger partial charge in [0.25, 0.3) is 11.6 Å². The van der Waals surface area contributed by atoms with E-state index in [4.69, 9.17) is 0 Å². The van der Waals surface area contributed by atoms with Gasteiger partial charge in [-0.05, 0) is 44.0 Å². The Bertz CT molecular complexity index is 877. The Balaban J connectivity index is 2.09. The van der Waals surface area contributed by atoms with Crippen molar-refractivity contribution in [2.45, 2.75) is 20.8 Å². The Hall–Kier alpha value is -3.22. The van der Waals surface area contributed by atoms with Crippen LogP contribution in [0, 0.1) is 30.9 Å². The first-order valence-electron chi connectivity index (χ1n) is 8.07. The molecule has 0 aromatic heterocycles. The van der Waals surface area contributed by atoms with Crippen molar-refractivity contribution in [2.24, 2.45) is 0 Å². The lowest BCUT2D eigenvalue weighted by atomic mass is 10.1. The van der Waals surface area contributed by atoms with Gasteiger partial charge in [-0.15, -0.1) is 0 Å². The first-order valence-corrected chi connectivity index (χ1v) is 8.07. The maximum absolute atomic E-state index is 12.5. The lowest BCUT2D eigenvalue weighted by Crippen LogP contribution is -2.35. The number of aryl methyl sites for hydroxylation is 2. The summed E-state index contributed by atoms with van der Waals surface area (Å²) in [6, 6.07) is 9.87. The number of nitrogens with zero attached hydrogens (tertiary/aromatic N) is 2. The lowest BCUT2D eigenvalue weighted by molar-refractivity contribution is -0.385. The highest BCUT2D eigenvalue weighted by Crippen LogP contribution is 2.20. The third-order valence-corrected chi connectivity index (χ3v) is 4.26. The average molecular weight is 355 g/mol. The van der Waals surface area contributed by atoms with E-state index in [0.717, 1.165) is 11.1 Å². The molecule has 0 saturated carbocycles. The van der Waals surface area contributed by atoms with Crippen LogP contribution in [0.2, 0.25) is 0 Å². The predicted octanol–water partition coefficient (Wildman–Crippen LogP) is 3.23. The molecule has 136 valence electrons. The van der Waals surface area contributed by atoms with Crippen LogP contribution in [0.3, 0.4) is 0 Å². The summed E-state index contributed by atoms with van der Waals surface area (Å²) >= 11 is 0. The molecule has 26 heavy (non-hydrogen) atoms. The monoisotopic (exact) mass is 355 g/mol. The number of nitro groups is 1. The van der Waals surface area contributed by atoms with Gasteiger partial charge in [-0.25, -0.2) is 0 Å². The molecular formula is C19H21N3O4. The number of nitro benzene ring substituents is 1. The first-order chi connectivity index (χ1) is 12.2. The Morgan fingerprint density at radius 2 is 1.81 bits per heavy atom. The number of amides is 2. The van der Waals surface area contributed by atoms with Gasteiger partial charge in [-0.1, -0.05) is 18.2 Å². The number of hydrogen-bond donors (Lipinski definition) is 1. The fourth-order valence-corrected chi connectivity index (χ4v) is 2.52. The van der Waals surface area contributed by atoms with E-state index < -0.39 is 10.8 Å². The highest BCUT2D eigenvalue weighted by atomic mass is 16.6. The molecule has 2 aromatic carbocycles. The van der Waals surface area contributed by atoms with Crippen molar-refractivity contribution in [3.05, 3.63) is 68.8 Å². The van der Waals surface area contributed by atoms with Crippen molar-refractivity contribution < 1.29 is 14.5 Å². The van der Waals surface area contributed by atoms with Crippen molar-refractivity contribution in [1.29, 1.82) is 0 Å². The molecule has 1 N–H and O–H groups in total. The van der Waals surface area contributed by atoms with Crippen LogP contribution < -0.4 is 5.32 Å². The Kier molecular flexibility index (Phi) is 5.71. The van der Waals surface area contributed by atoms with E-state index in [1.54, 1.807) is 13.0 Å². The molecule has 2 aromatic rings. The topological polar surface area (TPSA) is 92.6 Å². The molecule has 0 aliphatic heterocycles. The van der Waals surface area contributed by atoms with Crippen LogP contribution in [0.25, 0.3) is 0 Å². The van der Waals surface area contributed by atoms with Crippen molar-refractivity contribution in [3.8, 4) is 0 Å². The van der Waals surface area contributed by atoms with Crippen LogP contribution in [0.1, 0.15) is 27.0 Å². The molecule has 0 radical (unpaired) electrons. The molecule has 0 spiro atoms. The second-order valence-corrected chi connectivity index (χ2v) is 6.22. The molecule has 0 saturated heterocycles. The zero-order chi connectivity index (χ0) is 19.4. The van der Waals surface area contributed by atoms with Gasteiger partial charge in [0.05, 0.1) is 11.5 Å². The summed E-state index contributed by atoms with van der Waals surface area (Å²) in [7, 11) is 1.48. The fourth-order valence-electron chi connectivity index (χ4n) is 2.52. The molecule has 7 nitrogen and oxygen atoms in total. The zero-order valence-corrected chi connectivity index (χ0v) is 15.2. The van der Waals surface area contributed by atoms with Gasteiger partial charge in [-0.2, -0.15) is 0 Å². The summed E-state index contributed by atoms with van der Waals surface area (Å²) in [6.45, 7) is 5.30. The molecule has 0 bridgehead atoms. The van der Waals surface area contributed by atoms with Gasteiger partial charge in [-0.3, -0.25) is 19.7 Å². The summed E-state index contributed by atoms with van der Waals surface area (Å²) in [5.41, 5.74) is 3.24. The maximum atomic E-state index is 12.5. The van der Waals surface area contributed by atoms with Crippen LogP contribution in [0.4, 0.5) is 11.4 Å². The van der Waals surface area contributed by atoms with Gasteiger partial charge in [0, 0.05) is 29.9 Å². The van der Waals surface area contributed by atoms with Crippen LogP contribution in [0.5, 0.6) is 0 Å². The third-order valence-electron chi connectivity index (χ3n) is 4.26. The number of nitrogens with one attached hydrogen (secondary N) is 1. The van der Waals surface area contributed by atoms with E-state index in [-0.39, 0.29) is 23.7 Å². The molecule has 0 fully saturated rings. The minimum Gasteiger partial charge on any atom is -0.332 e. The number of rotatable bonds is 5. The fraction of sp³-hybridized carbons (Fsp3) is 0.263. The van der Waals surface area contributed by atoms with E-state index in [0.29, 0.717) is 11.3 Å². The maximum Gasteiger partial charge on any atom is 0.273 e. The first kappa shape index (κ1) is 19.1. The summed E-state index contributed by atoms with van der Waals surface area (Å²) in [4.78, 5) is 36.4. The van der Waals surface area contributed by atoms with Gasteiger partial charge in [0.1, 0.15) is 0 Å². The minimum absolute atomic E-state index is 0.121. The molecule has 2 amide bonds. The highest BCUT2D eigenvalue weighted by Gasteiger charge is 2.19. The number of benzene rings is 2. The summed E-state index contributed by atoms with van der Waals surface area (Å²) in [5.74, 6) is -0.791. The summed E-state index contributed by atoms with van der Waals surface area (Å²) in [5, 5.41) is 13.8. The van der Waals surface area contributed by atoms with Gasteiger partial charge in [0.15, 0.2) is 0 Å². The smallest absolute Gasteiger partial charge is 0.273 e. The van der Waals surface area contributed by atoms with E-state index in [9.17, 15) is 19.7 Å². The Morgan fingerprint density at radius 1 is 1.12 bits per heavy atom. The molecule has 0 aliphatic rings. The molecular weight excluding hydrogens is 334 g/mol. The largest absolute Gasteiger partial charge is 0.332 e. The summed E-state index contributed by atoms with van der Waals surface area (Å²) in [6.07, 6.45) is 0. The van der Waals surface area contributed by atoms with Gasteiger partial charge >= 0.3 is 0 Å². The standard InChI is InChI=1S/C19H21N3O4/c1-12-6-5-7-16(14(12)3)20-18(23)11-21(4)19(24)15-9-8-13(2)17(10-15)22(25)26/h5-10H,11H2,1-4H3,(H,20,23). The van der Waals surface area contributed by atoms with E-state index in [1.807, 2.05) is 26.0 Å². The lowest BCUT2D eigenvalue weighted by Gasteiger charge is -2.18. The summed E-state index contributed by atoms with van der Waals surface area (Å²) < 4.78 is 0. The van der Waals surface area contributed by atoms with Crippen molar-refractivity contribution in [3.63, 3.8) is 0 Å². The molecule has 0 heterocycles. The second kappa shape index (κ2) is 7.77. The number of anilines is 1.